The number of nitrogens with zero attached hydrogens (tertiary/aromatic N) is 2. The molecule has 2 fully saturated rings. The lowest BCUT2D eigenvalue weighted by molar-refractivity contribution is -0.138. The molecule has 4 heteroatoms. The van der Waals surface area contributed by atoms with Gasteiger partial charge in [0.1, 0.15) is 0 Å². The summed E-state index contributed by atoms with van der Waals surface area (Å²) in [6.07, 6.45) is 6.90. The van der Waals surface area contributed by atoms with Crippen molar-refractivity contribution in [2.45, 2.75) is 44.9 Å². The molecule has 96 valence electrons. The fraction of sp³-hybridized carbons (Fsp3) is 0.846. The topological polar surface area (TPSA) is 40.6 Å². The third kappa shape index (κ3) is 3.53. The highest BCUT2D eigenvalue weighted by molar-refractivity contribution is 6.01. The summed E-state index contributed by atoms with van der Waals surface area (Å²) in [6.45, 7) is 4.20. The lowest BCUT2D eigenvalue weighted by atomic mass is 10.1. The van der Waals surface area contributed by atoms with Gasteiger partial charge < -0.3 is 4.90 Å². The van der Waals surface area contributed by atoms with Gasteiger partial charge in [0.05, 0.1) is 0 Å². The van der Waals surface area contributed by atoms with Gasteiger partial charge in [-0.1, -0.05) is 6.42 Å². The van der Waals surface area contributed by atoms with Gasteiger partial charge in [-0.2, -0.15) is 0 Å². The number of hydrogen-bond acceptors (Lipinski definition) is 3. The van der Waals surface area contributed by atoms with Crippen molar-refractivity contribution >= 4 is 11.8 Å². The standard InChI is InChI=1S/C13H22N2O2/c16-12-6-7-13(17)15(12)11-5-4-10-14-8-2-1-3-9-14/h1-11H2. The Morgan fingerprint density at radius 1 is 0.824 bits per heavy atom. The fourth-order valence-corrected chi connectivity index (χ4v) is 2.66. The Bertz CT molecular complexity index is 269. The second-order valence-electron chi connectivity index (χ2n) is 5.05. The number of imide groups is 1. The maximum atomic E-state index is 11.4. The molecule has 2 aliphatic heterocycles. The van der Waals surface area contributed by atoms with Crippen LogP contribution in [0.15, 0.2) is 0 Å². The predicted octanol–water partition coefficient (Wildman–Crippen LogP) is 1.40. The molecule has 2 heterocycles. The van der Waals surface area contributed by atoms with Crippen molar-refractivity contribution in [2.75, 3.05) is 26.2 Å². The van der Waals surface area contributed by atoms with Crippen molar-refractivity contribution in [3.8, 4) is 0 Å². The first-order chi connectivity index (χ1) is 8.27. The Hall–Kier alpha value is -0.900. The highest BCUT2D eigenvalue weighted by Gasteiger charge is 2.27. The van der Waals surface area contributed by atoms with E-state index in [1.165, 1.54) is 37.3 Å². The van der Waals surface area contributed by atoms with E-state index in [-0.39, 0.29) is 11.8 Å². The molecule has 0 N–H and O–H groups in total. The van der Waals surface area contributed by atoms with E-state index in [1.54, 1.807) is 0 Å². The van der Waals surface area contributed by atoms with E-state index in [0.717, 1.165) is 19.4 Å². The molecule has 0 aromatic heterocycles. The molecule has 0 radical (unpaired) electrons. The van der Waals surface area contributed by atoms with Gasteiger partial charge in [-0.3, -0.25) is 14.5 Å². The van der Waals surface area contributed by atoms with E-state index in [4.69, 9.17) is 0 Å². The Morgan fingerprint density at radius 2 is 1.41 bits per heavy atom. The second-order valence-corrected chi connectivity index (χ2v) is 5.05. The van der Waals surface area contributed by atoms with Gasteiger partial charge >= 0.3 is 0 Å². The Kier molecular flexibility index (Phi) is 4.54. The number of carbonyl (C=O) groups excluding carboxylic acids is 2. The van der Waals surface area contributed by atoms with Crippen LogP contribution < -0.4 is 0 Å². The molecule has 2 saturated heterocycles. The minimum absolute atomic E-state index is 0.0213. The molecular formula is C13H22N2O2. The highest BCUT2D eigenvalue weighted by Crippen LogP contribution is 2.13. The van der Waals surface area contributed by atoms with E-state index in [1.807, 2.05) is 0 Å². The molecule has 0 unspecified atom stereocenters. The summed E-state index contributed by atoms with van der Waals surface area (Å²) in [5.41, 5.74) is 0. The molecule has 0 aromatic rings. The van der Waals surface area contributed by atoms with Crippen molar-refractivity contribution in [2.24, 2.45) is 0 Å². The summed E-state index contributed by atoms with van der Waals surface area (Å²) in [4.78, 5) is 26.7. The Labute approximate surface area is 103 Å². The lowest BCUT2D eigenvalue weighted by Gasteiger charge is -2.26. The number of likely N-dealkylation sites (tertiary alicyclic amines) is 2. The smallest absolute Gasteiger partial charge is 0.229 e. The molecule has 0 spiro atoms. The van der Waals surface area contributed by atoms with Gasteiger partial charge in [-0.15, -0.1) is 0 Å². The first kappa shape index (κ1) is 12.6. The fourth-order valence-electron chi connectivity index (χ4n) is 2.66. The van der Waals surface area contributed by atoms with Crippen LogP contribution in [-0.4, -0.2) is 47.8 Å². The van der Waals surface area contributed by atoms with E-state index in [2.05, 4.69) is 4.90 Å². The van der Waals surface area contributed by atoms with E-state index >= 15 is 0 Å². The van der Waals surface area contributed by atoms with Crippen molar-refractivity contribution in [3.05, 3.63) is 0 Å². The van der Waals surface area contributed by atoms with Gasteiger partial charge in [0.15, 0.2) is 0 Å². The van der Waals surface area contributed by atoms with Gasteiger partial charge in [0, 0.05) is 19.4 Å². The molecule has 0 bridgehead atoms. The van der Waals surface area contributed by atoms with E-state index in [0.29, 0.717) is 19.4 Å². The van der Waals surface area contributed by atoms with Crippen molar-refractivity contribution in [3.63, 3.8) is 0 Å². The average Bonchev–Trinajstić information content (AvgIpc) is 2.67. The number of hydrogen-bond donors (Lipinski definition) is 0. The van der Waals surface area contributed by atoms with E-state index in [9.17, 15) is 9.59 Å². The van der Waals surface area contributed by atoms with Gasteiger partial charge in [-0.05, 0) is 45.3 Å². The Balaban J connectivity index is 1.59. The number of unbranched alkanes of at least 4 members (excludes halogenated alkanes) is 1. The van der Waals surface area contributed by atoms with Crippen LogP contribution in [0, 0.1) is 0 Å². The normalized spacial score (nSPS) is 22.5. The first-order valence-corrected chi connectivity index (χ1v) is 6.83. The minimum Gasteiger partial charge on any atom is -0.303 e. The van der Waals surface area contributed by atoms with Crippen LogP contribution in [0.4, 0.5) is 0 Å². The Morgan fingerprint density at radius 3 is 2.06 bits per heavy atom. The van der Waals surface area contributed by atoms with Crippen molar-refractivity contribution in [1.82, 2.24) is 9.80 Å². The van der Waals surface area contributed by atoms with Gasteiger partial charge in [0.25, 0.3) is 0 Å². The molecule has 0 aliphatic carbocycles. The number of piperidine rings is 1. The second kappa shape index (κ2) is 6.15. The molecule has 2 amide bonds. The molecule has 4 nitrogen and oxygen atoms in total. The number of amides is 2. The number of rotatable bonds is 5. The predicted molar refractivity (Wildman–Crippen MR) is 65.5 cm³/mol. The lowest BCUT2D eigenvalue weighted by Crippen LogP contribution is -2.32. The van der Waals surface area contributed by atoms with Crippen LogP contribution in [0.2, 0.25) is 0 Å². The summed E-state index contributed by atoms with van der Waals surface area (Å²) < 4.78 is 0. The zero-order valence-electron chi connectivity index (χ0n) is 10.5. The summed E-state index contributed by atoms with van der Waals surface area (Å²) in [5, 5.41) is 0. The molecular weight excluding hydrogens is 216 g/mol. The summed E-state index contributed by atoms with van der Waals surface area (Å²) in [6, 6.07) is 0. The van der Waals surface area contributed by atoms with Crippen LogP contribution in [-0.2, 0) is 9.59 Å². The maximum Gasteiger partial charge on any atom is 0.229 e. The third-order valence-corrected chi connectivity index (χ3v) is 3.71. The minimum atomic E-state index is 0.0213. The summed E-state index contributed by atoms with van der Waals surface area (Å²) in [7, 11) is 0. The molecule has 17 heavy (non-hydrogen) atoms. The third-order valence-electron chi connectivity index (χ3n) is 3.71. The average molecular weight is 238 g/mol. The maximum absolute atomic E-state index is 11.4. The molecule has 0 aromatic carbocycles. The van der Waals surface area contributed by atoms with Gasteiger partial charge in [-0.25, -0.2) is 0 Å². The van der Waals surface area contributed by atoms with Crippen LogP contribution in [0.1, 0.15) is 44.9 Å². The van der Waals surface area contributed by atoms with Crippen LogP contribution in [0.5, 0.6) is 0 Å². The van der Waals surface area contributed by atoms with Crippen molar-refractivity contribution in [1.29, 1.82) is 0 Å². The monoisotopic (exact) mass is 238 g/mol. The largest absolute Gasteiger partial charge is 0.303 e. The number of carbonyl (C=O) groups is 2. The van der Waals surface area contributed by atoms with E-state index < -0.39 is 0 Å². The van der Waals surface area contributed by atoms with Crippen LogP contribution in [0.25, 0.3) is 0 Å². The van der Waals surface area contributed by atoms with Gasteiger partial charge in [0.2, 0.25) is 11.8 Å². The quantitative estimate of drug-likeness (QED) is 0.537. The molecule has 0 atom stereocenters. The summed E-state index contributed by atoms with van der Waals surface area (Å²) >= 11 is 0. The SMILES string of the molecule is O=C1CCC(=O)N1CCCCN1CCCCC1. The molecule has 0 saturated carbocycles. The first-order valence-electron chi connectivity index (χ1n) is 6.83. The van der Waals surface area contributed by atoms with Crippen LogP contribution >= 0.6 is 0 Å². The zero-order valence-corrected chi connectivity index (χ0v) is 10.5. The summed E-state index contributed by atoms with van der Waals surface area (Å²) in [5.74, 6) is 0.0425. The van der Waals surface area contributed by atoms with Crippen LogP contribution in [0.3, 0.4) is 0 Å². The molecule has 2 aliphatic rings. The molecule has 2 rings (SSSR count). The zero-order chi connectivity index (χ0) is 12.1. The highest BCUT2D eigenvalue weighted by atomic mass is 16.2. The van der Waals surface area contributed by atoms with Crippen molar-refractivity contribution < 1.29 is 9.59 Å².